The van der Waals surface area contributed by atoms with Gasteiger partial charge in [-0.05, 0) is 43.6 Å². The number of carbonyl (C=O) groups excluding carboxylic acids is 5. The molecule has 5 aliphatic rings. The van der Waals surface area contributed by atoms with Crippen molar-refractivity contribution in [3.63, 3.8) is 0 Å². The van der Waals surface area contributed by atoms with E-state index in [-0.39, 0.29) is 25.4 Å². The second kappa shape index (κ2) is 14.3. The highest BCUT2D eigenvalue weighted by molar-refractivity contribution is 6.38. The summed E-state index contributed by atoms with van der Waals surface area (Å²) in [6.07, 6.45) is 9.68. The van der Waals surface area contributed by atoms with Crippen molar-refractivity contribution < 1.29 is 38.3 Å². The summed E-state index contributed by atoms with van der Waals surface area (Å²) in [5.74, 6) is -2.09. The van der Waals surface area contributed by atoms with E-state index in [1.54, 1.807) is 0 Å². The first kappa shape index (κ1) is 34.2. The Hall–Kier alpha value is -3.19. The lowest BCUT2D eigenvalue weighted by Gasteiger charge is -2.35. The third-order valence-electron chi connectivity index (χ3n) is 9.66. The SMILES string of the molecule is CCC[C@H](NC(=O)[C@@H]1C[C@]2(C=C(C3CCCCC3)NO2)CN1C(=O)[C@@H](NC(=O)O[C@H]1CCOC1)C(C)(C)C)C(=O)C(=O)NC1CC1. The quantitative estimate of drug-likeness (QED) is 0.247. The van der Waals surface area contributed by atoms with E-state index >= 15 is 0 Å². The highest BCUT2D eigenvalue weighted by Gasteiger charge is 2.54. The Morgan fingerprint density at radius 2 is 1.80 bits per heavy atom. The van der Waals surface area contributed by atoms with Crippen LogP contribution in [0.5, 0.6) is 0 Å². The highest BCUT2D eigenvalue weighted by Crippen LogP contribution is 2.40. The largest absolute Gasteiger partial charge is 0.444 e. The first-order chi connectivity index (χ1) is 21.9. The second-order valence-corrected chi connectivity index (χ2v) is 14.7. The van der Waals surface area contributed by atoms with E-state index in [0.29, 0.717) is 32.0 Å². The average molecular weight is 646 g/mol. The van der Waals surface area contributed by atoms with Crippen molar-refractivity contribution in [3.05, 3.63) is 11.8 Å². The Morgan fingerprint density at radius 1 is 1.07 bits per heavy atom. The Balaban J connectivity index is 1.38. The topological polar surface area (TPSA) is 164 Å². The van der Waals surface area contributed by atoms with Crippen LogP contribution in [0.2, 0.25) is 0 Å². The zero-order valence-corrected chi connectivity index (χ0v) is 27.7. The number of alkyl carbamates (subject to hydrolysis) is 1. The summed E-state index contributed by atoms with van der Waals surface area (Å²) in [7, 11) is 0. The van der Waals surface area contributed by atoms with Gasteiger partial charge in [-0.2, -0.15) is 0 Å². The van der Waals surface area contributed by atoms with Crippen molar-refractivity contribution in [2.75, 3.05) is 19.8 Å². The van der Waals surface area contributed by atoms with Gasteiger partial charge in [-0.25, -0.2) is 4.79 Å². The molecule has 0 aromatic rings. The Kier molecular flexibility index (Phi) is 10.6. The van der Waals surface area contributed by atoms with Crippen LogP contribution in [-0.2, 0) is 33.5 Å². The molecule has 3 heterocycles. The van der Waals surface area contributed by atoms with Gasteiger partial charge in [-0.15, -0.1) is 0 Å². The minimum atomic E-state index is -1.03. The van der Waals surface area contributed by atoms with Gasteiger partial charge in [0.1, 0.15) is 23.8 Å². The molecule has 0 aromatic heterocycles. The number of nitrogens with zero attached hydrogens (tertiary/aromatic N) is 1. The number of likely N-dealkylation sites (tertiary alicyclic amines) is 1. The second-order valence-electron chi connectivity index (χ2n) is 14.7. The Morgan fingerprint density at radius 3 is 2.43 bits per heavy atom. The van der Waals surface area contributed by atoms with Crippen LogP contribution in [0.25, 0.3) is 0 Å². The number of Topliss-reactive ketones (excluding diaryl/α,β-unsaturated/α-hetero) is 1. The van der Waals surface area contributed by atoms with Gasteiger partial charge < -0.3 is 30.3 Å². The fourth-order valence-corrected chi connectivity index (χ4v) is 6.85. The zero-order valence-electron chi connectivity index (χ0n) is 27.7. The number of allylic oxidation sites excluding steroid dienone is 1. The zero-order chi connectivity index (χ0) is 33.1. The van der Waals surface area contributed by atoms with Crippen LogP contribution in [-0.4, -0.2) is 90.1 Å². The average Bonchev–Trinajstić information content (AvgIpc) is 3.37. The van der Waals surface area contributed by atoms with Crippen molar-refractivity contribution in [1.29, 1.82) is 0 Å². The molecule has 5 atom stereocenters. The third-order valence-corrected chi connectivity index (χ3v) is 9.66. The number of rotatable bonds is 11. The first-order valence-electron chi connectivity index (χ1n) is 17.1. The van der Waals surface area contributed by atoms with E-state index in [4.69, 9.17) is 14.3 Å². The van der Waals surface area contributed by atoms with Crippen molar-refractivity contribution >= 4 is 29.6 Å². The number of ether oxygens (including phenoxy) is 2. The minimum Gasteiger partial charge on any atom is -0.444 e. The minimum absolute atomic E-state index is 0.00381. The fourth-order valence-electron chi connectivity index (χ4n) is 6.85. The van der Waals surface area contributed by atoms with E-state index in [1.807, 2.05) is 33.8 Å². The van der Waals surface area contributed by atoms with Gasteiger partial charge in [0.05, 0.1) is 25.8 Å². The monoisotopic (exact) mass is 645 g/mol. The van der Waals surface area contributed by atoms with Gasteiger partial charge in [0, 0.05) is 30.5 Å². The lowest BCUT2D eigenvalue weighted by Crippen LogP contribution is -2.59. The van der Waals surface area contributed by atoms with Crippen LogP contribution < -0.4 is 21.4 Å². The maximum atomic E-state index is 14.4. The highest BCUT2D eigenvalue weighted by atomic mass is 16.7. The molecule has 46 heavy (non-hydrogen) atoms. The van der Waals surface area contributed by atoms with Crippen LogP contribution in [0.3, 0.4) is 0 Å². The molecule has 13 heteroatoms. The molecule has 3 aliphatic heterocycles. The first-order valence-corrected chi connectivity index (χ1v) is 17.1. The van der Waals surface area contributed by atoms with Crippen LogP contribution in [0.4, 0.5) is 4.79 Å². The van der Waals surface area contributed by atoms with Crippen molar-refractivity contribution in [1.82, 2.24) is 26.3 Å². The van der Waals surface area contributed by atoms with E-state index in [9.17, 15) is 24.0 Å². The van der Waals surface area contributed by atoms with Gasteiger partial charge >= 0.3 is 6.09 Å². The third kappa shape index (κ3) is 8.20. The van der Waals surface area contributed by atoms with Crippen LogP contribution in [0.15, 0.2) is 11.8 Å². The van der Waals surface area contributed by atoms with Crippen LogP contribution >= 0.6 is 0 Å². The van der Waals surface area contributed by atoms with Gasteiger partial charge in [-0.1, -0.05) is 53.4 Å². The molecule has 0 aromatic carbocycles. The van der Waals surface area contributed by atoms with Gasteiger partial charge in [0.25, 0.3) is 5.91 Å². The molecule has 0 unspecified atom stereocenters. The van der Waals surface area contributed by atoms with E-state index in [0.717, 1.165) is 44.2 Å². The number of carbonyl (C=O) groups is 5. The molecule has 2 saturated carbocycles. The summed E-state index contributed by atoms with van der Waals surface area (Å²) in [6.45, 7) is 8.24. The summed E-state index contributed by atoms with van der Waals surface area (Å²) < 4.78 is 10.8. The van der Waals surface area contributed by atoms with Gasteiger partial charge in [0.15, 0.2) is 0 Å². The number of amides is 4. The molecule has 0 radical (unpaired) electrons. The maximum absolute atomic E-state index is 14.4. The van der Waals surface area contributed by atoms with E-state index in [1.165, 1.54) is 11.3 Å². The molecule has 2 saturated heterocycles. The van der Waals surface area contributed by atoms with Crippen molar-refractivity contribution in [2.24, 2.45) is 11.3 Å². The number of ketones is 1. The summed E-state index contributed by atoms with van der Waals surface area (Å²) in [5.41, 5.74) is 2.37. The number of nitrogens with one attached hydrogen (secondary N) is 4. The summed E-state index contributed by atoms with van der Waals surface area (Å²) in [4.78, 5) is 74.8. The number of hydrogen-bond acceptors (Lipinski definition) is 9. The predicted octanol–water partition coefficient (Wildman–Crippen LogP) is 2.39. The van der Waals surface area contributed by atoms with E-state index in [2.05, 4.69) is 21.4 Å². The Labute approximate surface area is 271 Å². The lowest BCUT2D eigenvalue weighted by atomic mass is 9.85. The number of hydrogen-bond donors (Lipinski definition) is 4. The van der Waals surface area contributed by atoms with Crippen molar-refractivity contribution in [3.8, 4) is 0 Å². The lowest BCUT2D eigenvalue weighted by molar-refractivity contribution is -0.144. The molecule has 256 valence electrons. The van der Waals surface area contributed by atoms with Crippen LogP contribution in [0, 0.1) is 11.3 Å². The van der Waals surface area contributed by atoms with Crippen LogP contribution in [0.1, 0.15) is 98.3 Å². The normalized spacial score (nSPS) is 27.8. The molecule has 4 amide bonds. The molecule has 0 bridgehead atoms. The molecule has 5 rings (SSSR count). The molecular formula is C33H51N5O8. The summed E-state index contributed by atoms with van der Waals surface area (Å²) in [5, 5.41) is 8.27. The molecular weight excluding hydrogens is 594 g/mol. The Bertz CT molecular complexity index is 1200. The molecule has 13 nitrogen and oxygen atoms in total. The van der Waals surface area contributed by atoms with Gasteiger partial charge in [0.2, 0.25) is 17.6 Å². The number of hydroxylamine groups is 1. The smallest absolute Gasteiger partial charge is 0.408 e. The molecule has 1 spiro atoms. The predicted molar refractivity (Wildman–Crippen MR) is 167 cm³/mol. The molecule has 4 fully saturated rings. The van der Waals surface area contributed by atoms with Gasteiger partial charge in [-0.3, -0.25) is 29.5 Å². The molecule has 4 N–H and O–H groups in total. The maximum Gasteiger partial charge on any atom is 0.408 e. The molecule has 2 aliphatic carbocycles. The fraction of sp³-hybridized carbons (Fsp3) is 0.788. The van der Waals surface area contributed by atoms with E-state index < -0.39 is 64.8 Å². The summed E-state index contributed by atoms with van der Waals surface area (Å²) in [6, 6.07) is -3.06. The van der Waals surface area contributed by atoms with Crippen molar-refractivity contribution in [2.45, 2.75) is 134 Å². The summed E-state index contributed by atoms with van der Waals surface area (Å²) >= 11 is 0. The standard InChI is InChI=1S/C33H51N5O8/c1-5-9-23(26(39)29(41)34-21-12-13-21)35-28(40)25-17-33(16-24(37-46-33)20-10-7-6-8-11-20)19-38(25)30(42)27(32(2,3)4)36-31(43)45-22-14-15-44-18-22/h16,20-23,25,27,37H,5-15,17-19H2,1-4H3,(H,34,41)(H,35,40)(H,36,43)/t22-,23-,25-,27+,33+/m0/s1.